The van der Waals surface area contributed by atoms with E-state index < -0.39 is 12.2 Å². The third kappa shape index (κ3) is 7.01. The number of benzene rings is 1. The second-order valence-electron chi connectivity index (χ2n) is 6.81. The van der Waals surface area contributed by atoms with Crippen LogP contribution in [0.15, 0.2) is 24.3 Å². The molecule has 0 saturated carbocycles. The molecule has 2 unspecified atom stereocenters. The van der Waals surface area contributed by atoms with Crippen molar-refractivity contribution in [3.8, 4) is 0 Å². The van der Waals surface area contributed by atoms with E-state index in [-0.39, 0.29) is 51.6 Å². The van der Waals surface area contributed by atoms with Crippen LogP contribution in [0.4, 0.5) is 10.1 Å². The van der Waals surface area contributed by atoms with Gasteiger partial charge in [-0.25, -0.2) is 4.39 Å². The molecule has 1 aromatic rings. The van der Waals surface area contributed by atoms with Gasteiger partial charge in [0.1, 0.15) is 6.17 Å². The van der Waals surface area contributed by atoms with Crippen LogP contribution in [0.5, 0.6) is 0 Å². The van der Waals surface area contributed by atoms with E-state index >= 15 is 0 Å². The Morgan fingerprint density at radius 3 is 2.58 bits per heavy atom. The maximum atomic E-state index is 14.2. The minimum absolute atomic E-state index is 0. The van der Waals surface area contributed by atoms with E-state index in [2.05, 4.69) is 26.0 Å². The molecule has 1 aliphatic heterocycles. The number of hydrogen-bond acceptors (Lipinski definition) is 2. The third-order valence-corrected chi connectivity index (χ3v) is 4.75. The van der Waals surface area contributed by atoms with Gasteiger partial charge in [0.25, 0.3) is 0 Å². The van der Waals surface area contributed by atoms with Gasteiger partial charge in [-0.05, 0) is 30.5 Å². The Bertz CT molecular complexity index is 523. The van der Waals surface area contributed by atoms with Gasteiger partial charge in [-0.15, -0.1) is 0 Å². The van der Waals surface area contributed by atoms with Gasteiger partial charge in [0.15, 0.2) is 0 Å². The fourth-order valence-electron chi connectivity index (χ4n) is 3.25. The van der Waals surface area contributed by atoms with Crippen molar-refractivity contribution in [2.45, 2.75) is 70.5 Å². The largest absolute Gasteiger partial charge is 0.379 e. The number of ether oxygens (including phenoxy) is 1. The van der Waals surface area contributed by atoms with Crippen molar-refractivity contribution in [3.63, 3.8) is 0 Å². The SMILES string of the molecule is [CH2-]CCCOCC1C(F)CC(=O)N1c1ccc(CCCCCC)cc1.[Y]. The van der Waals surface area contributed by atoms with Crippen LogP contribution in [-0.4, -0.2) is 31.3 Å². The van der Waals surface area contributed by atoms with E-state index in [4.69, 9.17) is 4.74 Å². The molecule has 143 valence electrons. The van der Waals surface area contributed by atoms with E-state index in [0.717, 1.165) is 24.9 Å². The van der Waals surface area contributed by atoms with Crippen LogP contribution in [-0.2, 0) is 48.7 Å². The summed E-state index contributed by atoms with van der Waals surface area (Å²) < 4.78 is 19.8. The quantitative estimate of drug-likeness (QED) is 0.365. The molecule has 1 aromatic carbocycles. The number of nitrogens with zero attached hydrogens (tertiary/aromatic N) is 1. The zero-order valence-corrected chi connectivity index (χ0v) is 18.8. The first kappa shape index (κ1) is 23.7. The molecule has 3 nitrogen and oxygen atoms in total. The van der Waals surface area contributed by atoms with Crippen LogP contribution in [0.3, 0.4) is 0 Å². The van der Waals surface area contributed by atoms with Crippen LogP contribution in [0.1, 0.15) is 57.4 Å². The van der Waals surface area contributed by atoms with Crippen molar-refractivity contribution < 1.29 is 46.6 Å². The molecule has 1 heterocycles. The molecule has 5 heteroatoms. The molecular formula is C21H31FNO2Y-. The van der Waals surface area contributed by atoms with E-state index in [0.29, 0.717) is 6.61 Å². The molecule has 0 aromatic heterocycles. The van der Waals surface area contributed by atoms with Crippen molar-refractivity contribution in [3.05, 3.63) is 36.8 Å². The van der Waals surface area contributed by atoms with Crippen LogP contribution in [0.25, 0.3) is 0 Å². The Labute approximate surface area is 182 Å². The Hall–Kier alpha value is -0.316. The van der Waals surface area contributed by atoms with E-state index in [9.17, 15) is 9.18 Å². The number of rotatable bonds is 11. The van der Waals surface area contributed by atoms with E-state index in [1.165, 1.54) is 31.2 Å². The fraction of sp³-hybridized carbons (Fsp3) is 0.619. The summed E-state index contributed by atoms with van der Waals surface area (Å²) in [6.07, 6.45) is 6.42. The third-order valence-electron chi connectivity index (χ3n) is 4.75. The summed E-state index contributed by atoms with van der Waals surface area (Å²) in [4.78, 5) is 13.8. The number of carbonyl (C=O) groups excluding carboxylic acids is 1. The summed E-state index contributed by atoms with van der Waals surface area (Å²) in [5.41, 5.74) is 2.04. The van der Waals surface area contributed by atoms with Crippen molar-refractivity contribution in [1.29, 1.82) is 0 Å². The minimum Gasteiger partial charge on any atom is -0.379 e. The maximum absolute atomic E-state index is 14.2. The van der Waals surface area contributed by atoms with Crippen molar-refractivity contribution in [2.24, 2.45) is 0 Å². The first-order valence-electron chi connectivity index (χ1n) is 9.59. The van der Waals surface area contributed by atoms with Crippen LogP contribution in [0.2, 0.25) is 0 Å². The molecule has 0 bridgehead atoms. The minimum atomic E-state index is -1.17. The first-order valence-corrected chi connectivity index (χ1v) is 9.59. The zero-order chi connectivity index (χ0) is 18.1. The molecule has 2 rings (SSSR count). The number of alkyl halides is 1. The maximum Gasteiger partial charge on any atom is 0.230 e. The standard InChI is InChI=1S/C21H31FNO2.Y/c1-3-5-7-8-9-17-10-12-18(13-11-17)23-20(16-25-14-6-4-2)19(22)15-21(23)24;/h10-13,19-20H,2-9,14-16H2,1H3;/q-1;. The van der Waals surface area contributed by atoms with E-state index in [1.807, 2.05) is 12.1 Å². The topological polar surface area (TPSA) is 29.5 Å². The Kier molecular flexibility index (Phi) is 11.8. The van der Waals surface area contributed by atoms with Crippen LogP contribution in [0, 0.1) is 6.92 Å². The predicted molar refractivity (Wildman–Crippen MR) is 100 cm³/mol. The molecule has 2 atom stereocenters. The summed E-state index contributed by atoms with van der Waals surface area (Å²) in [7, 11) is 0. The number of amides is 1. The van der Waals surface area contributed by atoms with Gasteiger partial charge in [-0.3, -0.25) is 4.79 Å². The summed E-state index contributed by atoms with van der Waals surface area (Å²) >= 11 is 0. The number of hydrogen-bond donors (Lipinski definition) is 0. The van der Waals surface area contributed by atoms with Gasteiger partial charge in [-0.1, -0.05) is 44.7 Å². The molecule has 26 heavy (non-hydrogen) atoms. The predicted octanol–water partition coefficient (Wildman–Crippen LogP) is 4.88. The Balaban J connectivity index is 0.00000338. The summed E-state index contributed by atoms with van der Waals surface area (Å²) in [5.74, 6) is -0.158. The van der Waals surface area contributed by atoms with Gasteiger partial charge < -0.3 is 16.6 Å². The molecule has 0 spiro atoms. The number of unbranched alkanes of at least 4 members (excludes halogenated alkanes) is 4. The normalized spacial score (nSPS) is 19.7. The first-order chi connectivity index (χ1) is 12.2. The molecule has 0 N–H and O–H groups in total. The van der Waals surface area contributed by atoms with Gasteiger partial charge in [0, 0.05) is 45.0 Å². The summed E-state index contributed by atoms with van der Waals surface area (Å²) in [5, 5.41) is 0. The number of halogens is 1. The molecule has 1 aliphatic rings. The molecule has 1 amide bonds. The van der Waals surface area contributed by atoms with E-state index in [1.54, 1.807) is 4.90 Å². The average Bonchev–Trinajstić information content (AvgIpc) is 2.90. The van der Waals surface area contributed by atoms with Gasteiger partial charge in [0.05, 0.1) is 19.1 Å². The monoisotopic (exact) mass is 437 g/mol. The molecule has 0 aliphatic carbocycles. The number of carbonyl (C=O) groups is 1. The molecule has 1 fully saturated rings. The smallest absolute Gasteiger partial charge is 0.230 e. The fourth-order valence-corrected chi connectivity index (χ4v) is 3.25. The Morgan fingerprint density at radius 1 is 1.19 bits per heavy atom. The molecular weight excluding hydrogens is 406 g/mol. The number of aryl methyl sites for hydroxylation is 1. The van der Waals surface area contributed by atoms with Crippen LogP contribution < -0.4 is 4.90 Å². The van der Waals surface area contributed by atoms with Crippen molar-refractivity contribution in [1.82, 2.24) is 0 Å². The second kappa shape index (κ2) is 13.0. The number of anilines is 1. The second-order valence-corrected chi connectivity index (χ2v) is 6.81. The zero-order valence-electron chi connectivity index (χ0n) is 16.0. The van der Waals surface area contributed by atoms with Crippen molar-refractivity contribution >= 4 is 11.6 Å². The summed E-state index contributed by atoms with van der Waals surface area (Å²) in [6, 6.07) is 7.47. The van der Waals surface area contributed by atoms with Gasteiger partial charge in [0.2, 0.25) is 5.91 Å². The van der Waals surface area contributed by atoms with Crippen molar-refractivity contribution in [2.75, 3.05) is 18.1 Å². The van der Waals surface area contributed by atoms with Gasteiger partial charge >= 0.3 is 0 Å². The summed E-state index contributed by atoms with van der Waals surface area (Å²) in [6.45, 7) is 6.78. The average molecular weight is 437 g/mol. The molecule has 1 saturated heterocycles. The van der Waals surface area contributed by atoms with Gasteiger partial charge in [-0.2, -0.15) is 6.42 Å². The Morgan fingerprint density at radius 2 is 1.92 bits per heavy atom. The van der Waals surface area contributed by atoms with Crippen LogP contribution >= 0.6 is 0 Å². The molecule has 1 radical (unpaired) electrons.